The van der Waals surface area contributed by atoms with Crippen molar-refractivity contribution in [1.29, 1.82) is 0 Å². The summed E-state index contributed by atoms with van der Waals surface area (Å²) in [6, 6.07) is 13.0. The van der Waals surface area contributed by atoms with Crippen LogP contribution in [0.5, 0.6) is 5.75 Å². The lowest BCUT2D eigenvalue weighted by molar-refractivity contribution is -0.384. The molecule has 0 aliphatic carbocycles. The minimum absolute atomic E-state index is 0.00527. The normalized spacial score (nSPS) is 10.5. The zero-order valence-electron chi connectivity index (χ0n) is 12.4. The number of benzene rings is 2. The standard InChI is InChI=1S/C16H15N3O4/c1-23-15-8-4-12(5-9-15)10-16(20)18-17-11-13-2-6-14(7-3-13)19(21)22/h2-9,11H,10H2,1H3,(H,18,20). The summed E-state index contributed by atoms with van der Waals surface area (Å²) in [5, 5.41) is 14.4. The second-order valence-electron chi connectivity index (χ2n) is 4.67. The summed E-state index contributed by atoms with van der Waals surface area (Å²) in [5.41, 5.74) is 3.91. The number of rotatable bonds is 6. The predicted molar refractivity (Wildman–Crippen MR) is 85.5 cm³/mol. The molecule has 0 unspecified atom stereocenters. The number of carbonyl (C=O) groups excluding carboxylic acids is 1. The number of hydrogen-bond acceptors (Lipinski definition) is 5. The molecule has 7 nitrogen and oxygen atoms in total. The van der Waals surface area contributed by atoms with Crippen molar-refractivity contribution >= 4 is 17.8 Å². The molecule has 0 aliphatic heterocycles. The van der Waals surface area contributed by atoms with Crippen molar-refractivity contribution in [1.82, 2.24) is 5.43 Å². The van der Waals surface area contributed by atoms with Crippen LogP contribution in [0.3, 0.4) is 0 Å². The zero-order chi connectivity index (χ0) is 16.7. The van der Waals surface area contributed by atoms with E-state index in [1.165, 1.54) is 18.3 Å². The van der Waals surface area contributed by atoms with Crippen molar-refractivity contribution in [3.8, 4) is 5.75 Å². The Morgan fingerprint density at radius 1 is 1.22 bits per heavy atom. The van der Waals surface area contributed by atoms with Crippen LogP contribution in [0.25, 0.3) is 0 Å². The molecule has 0 fully saturated rings. The Labute approximate surface area is 132 Å². The maximum atomic E-state index is 11.8. The Kier molecular flexibility index (Phi) is 5.40. The molecule has 0 bridgehead atoms. The Bertz CT molecular complexity index is 709. The first-order chi connectivity index (χ1) is 11.1. The van der Waals surface area contributed by atoms with E-state index in [4.69, 9.17) is 4.74 Å². The summed E-state index contributed by atoms with van der Waals surface area (Å²) in [5.74, 6) is 0.471. The van der Waals surface area contributed by atoms with Gasteiger partial charge in [-0.05, 0) is 35.4 Å². The number of hydrazone groups is 1. The molecule has 0 aliphatic rings. The first-order valence-electron chi connectivity index (χ1n) is 6.78. The summed E-state index contributed by atoms with van der Waals surface area (Å²) >= 11 is 0. The van der Waals surface area contributed by atoms with Crippen LogP contribution in [0.1, 0.15) is 11.1 Å². The number of nitro benzene ring substituents is 1. The lowest BCUT2D eigenvalue weighted by Gasteiger charge is -2.02. The second-order valence-corrected chi connectivity index (χ2v) is 4.67. The highest BCUT2D eigenvalue weighted by Crippen LogP contribution is 2.12. The molecule has 23 heavy (non-hydrogen) atoms. The molecule has 0 radical (unpaired) electrons. The molecule has 0 heterocycles. The molecule has 0 aromatic heterocycles. The molecule has 2 aromatic rings. The van der Waals surface area contributed by atoms with Crippen molar-refractivity contribution in [2.75, 3.05) is 7.11 Å². The smallest absolute Gasteiger partial charge is 0.269 e. The van der Waals surface area contributed by atoms with Gasteiger partial charge in [0.1, 0.15) is 5.75 Å². The van der Waals surface area contributed by atoms with Crippen molar-refractivity contribution in [3.63, 3.8) is 0 Å². The summed E-state index contributed by atoms with van der Waals surface area (Å²) in [6.07, 6.45) is 1.62. The van der Waals surface area contributed by atoms with Crippen LogP contribution in [-0.2, 0) is 11.2 Å². The number of non-ortho nitro benzene ring substituents is 1. The molecule has 7 heteroatoms. The summed E-state index contributed by atoms with van der Waals surface area (Å²) in [7, 11) is 1.58. The maximum absolute atomic E-state index is 11.8. The Hall–Kier alpha value is -3.22. The average Bonchev–Trinajstić information content (AvgIpc) is 2.56. The fourth-order valence-electron chi connectivity index (χ4n) is 1.83. The van der Waals surface area contributed by atoms with Crippen molar-refractivity contribution < 1.29 is 14.5 Å². The molecule has 0 atom stereocenters. The summed E-state index contributed by atoms with van der Waals surface area (Å²) in [4.78, 5) is 21.8. The van der Waals surface area contributed by atoms with E-state index in [1.807, 2.05) is 0 Å². The van der Waals surface area contributed by atoms with E-state index < -0.39 is 4.92 Å². The number of hydrogen-bond donors (Lipinski definition) is 1. The maximum Gasteiger partial charge on any atom is 0.269 e. The molecule has 1 amide bonds. The van der Waals surface area contributed by atoms with E-state index in [0.29, 0.717) is 5.56 Å². The van der Waals surface area contributed by atoms with Gasteiger partial charge in [0, 0.05) is 12.1 Å². The highest BCUT2D eigenvalue weighted by atomic mass is 16.6. The minimum Gasteiger partial charge on any atom is -0.497 e. The van der Waals surface area contributed by atoms with Crippen LogP contribution in [0, 0.1) is 10.1 Å². The van der Waals surface area contributed by atoms with E-state index >= 15 is 0 Å². The molecule has 1 N–H and O–H groups in total. The van der Waals surface area contributed by atoms with Crippen LogP contribution in [0.2, 0.25) is 0 Å². The lowest BCUT2D eigenvalue weighted by atomic mass is 10.1. The van der Waals surface area contributed by atoms with Crippen LogP contribution in [0.15, 0.2) is 53.6 Å². The predicted octanol–water partition coefficient (Wildman–Crippen LogP) is 2.30. The van der Waals surface area contributed by atoms with E-state index in [1.54, 1.807) is 43.5 Å². The largest absolute Gasteiger partial charge is 0.497 e. The summed E-state index contributed by atoms with van der Waals surface area (Å²) < 4.78 is 5.04. The number of ether oxygens (including phenoxy) is 1. The fraction of sp³-hybridized carbons (Fsp3) is 0.125. The molecule has 2 rings (SSSR count). The second kappa shape index (κ2) is 7.69. The SMILES string of the molecule is COc1ccc(CC(=O)NN=Cc2ccc([N+](=O)[O-])cc2)cc1. The number of nitrogens with one attached hydrogen (secondary N) is 1. The molecule has 0 saturated carbocycles. The Morgan fingerprint density at radius 2 is 1.87 bits per heavy atom. The molecule has 0 saturated heterocycles. The molecular formula is C16H15N3O4. The van der Waals surface area contributed by atoms with Gasteiger partial charge in [-0.15, -0.1) is 0 Å². The van der Waals surface area contributed by atoms with Gasteiger partial charge in [-0.2, -0.15) is 5.10 Å². The first kappa shape index (κ1) is 16.2. The number of nitrogens with zero attached hydrogens (tertiary/aromatic N) is 2. The van der Waals surface area contributed by atoms with Crippen LogP contribution in [0.4, 0.5) is 5.69 Å². The Morgan fingerprint density at radius 3 is 2.43 bits per heavy atom. The van der Waals surface area contributed by atoms with Gasteiger partial charge in [-0.25, -0.2) is 5.43 Å². The molecular weight excluding hydrogens is 298 g/mol. The average molecular weight is 313 g/mol. The van der Waals surface area contributed by atoms with Gasteiger partial charge in [0.2, 0.25) is 5.91 Å². The molecule has 0 spiro atoms. The first-order valence-corrected chi connectivity index (χ1v) is 6.78. The van der Waals surface area contributed by atoms with Crippen LogP contribution < -0.4 is 10.2 Å². The topological polar surface area (TPSA) is 93.8 Å². The third-order valence-corrected chi connectivity index (χ3v) is 3.03. The highest BCUT2D eigenvalue weighted by molar-refractivity contribution is 5.83. The quantitative estimate of drug-likeness (QED) is 0.503. The lowest BCUT2D eigenvalue weighted by Crippen LogP contribution is -2.19. The van der Waals surface area contributed by atoms with Gasteiger partial charge in [0.25, 0.3) is 5.69 Å². The van der Waals surface area contributed by atoms with E-state index in [2.05, 4.69) is 10.5 Å². The van der Waals surface area contributed by atoms with E-state index in [-0.39, 0.29) is 18.0 Å². The molecule has 118 valence electrons. The molecule has 2 aromatic carbocycles. The van der Waals surface area contributed by atoms with Gasteiger partial charge in [0.05, 0.1) is 24.7 Å². The van der Waals surface area contributed by atoms with E-state index in [0.717, 1.165) is 11.3 Å². The number of methoxy groups -OCH3 is 1. The minimum atomic E-state index is -0.475. The number of carbonyl (C=O) groups is 1. The number of nitro groups is 1. The zero-order valence-corrected chi connectivity index (χ0v) is 12.4. The summed E-state index contributed by atoms with van der Waals surface area (Å²) in [6.45, 7) is 0. The van der Waals surface area contributed by atoms with Crippen LogP contribution >= 0.6 is 0 Å². The van der Waals surface area contributed by atoms with Crippen molar-refractivity contribution in [3.05, 3.63) is 69.8 Å². The number of amides is 1. The van der Waals surface area contributed by atoms with Crippen molar-refractivity contribution in [2.45, 2.75) is 6.42 Å². The van der Waals surface area contributed by atoms with Crippen molar-refractivity contribution in [2.24, 2.45) is 5.10 Å². The third kappa shape index (κ3) is 4.92. The Balaban J connectivity index is 1.86. The van der Waals surface area contributed by atoms with Gasteiger partial charge >= 0.3 is 0 Å². The third-order valence-electron chi connectivity index (χ3n) is 3.03. The highest BCUT2D eigenvalue weighted by Gasteiger charge is 2.04. The van der Waals surface area contributed by atoms with Crippen LogP contribution in [-0.4, -0.2) is 24.2 Å². The van der Waals surface area contributed by atoms with Gasteiger partial charge in [-0.3, -0.25) is 14.9 Å². The fourth-order valence-corrected chi connectivity index (χ4v) is 1.83. The van der Waals surface area contributed by atoms with E-state index in [9.17, 15) is 14.9 Å². The van der Waals surface area contributed by atoms with Gasteiger partial charge < -0.3 is 4.74 Å². The van der Waals surface area contributed by atoms with Gasteiger partial charge in [0.15, 0.2) is 0 Å². The van der Waals surface area contributed by atoms with Gasteiger partial charge in [-0.1, -0.05) is 12.1 Å². The monoisotopic (exact) mass is 313 g/mol.